The topological polar surface area (TPSA) is 61.6 Å². The lowest BCUT2D eigenvalue weighted by Gasteiger charge is -2.28. The molecule has 0 aromatic heterocycles. The van der Waals surface area contributed by atoms with Gasteiger partial charge in [-0.3, -0.25) is 14.9 Å². The summed E-state index contributed by atoms with van der Waals surface area (Å²) >= 11 is 0. The van der Waals surface area contributed by atoms with Crippen LogP contribution in [0.3, 0.4) is 0 Å². The fraction of sp³-hybridized carbons (Fsp3) is 0.471. The maximum Gasteiger partial charge on any atom is 0.258 e. The average molecular weight is 314 g/mol. The fourth-order valence-corrected chi connectivity index (χ4v) is 3.77. The van der Waals surface area contributed by atoms with Crippen molar-refractivity contribution in [3.05, 3.63) is 23.8 Å². The van der Waals surface area contributed by atoms with Gasteiger partial charge in [0.15, 0.2) is 6.04 Å². The Morgan fingerprint density at radius 3 is 2.96 bits per heavy atom. The van der Waals surface area contributed by atoms with Crippen molar-refractivity contribution in [2.24, 2.45) is 0 Å². The molecule has 6 heteroatoms. The lowest BCUT2D eigenvalue weighted by molar-refractivity contribution is -0.462. The maximum absolute atomic E-state index is 12.5. The molecule has 1 aromatic rings. The first kappa shape index (κ1) is 14.2. The van der Waals surface area contributed by atoms with Crippen molar-refractivity contribution in [3.63, 3.8) is 0 Å². The Bertz CT molecular complexity index is 741. The van der Waals surface area contributed by atoms with Gasteiger partial charge in [-0.25, -0.2) is 0 Å². The van der Waals surface area contributed by atoms with Gasteiger partial charge in [0, 0.05) is 12.0 Å². The van der Waals surface area contributed by atoms with E-state index in [0.717, 1.165) is 30.0 Å². The number of nitrogens with zero attached hydrogens (tertiary/aromatic N) is 2. The number of benzene rings is 1. The van der Waals surface area contributed by atoms with Gasteiger partial charge in [0.1, 0.15) is 11.4 Å². The number of hydrazine groups is 1. The van der Waals surface area contributed by atoms with Crippen LogP contribution < -0.4 is 15.1 Å². The van der Waals surface area contributed by atoms with Gasteiger partial charge in [0.05, 0.1) is 13.0 Å². The first-order valence-corrected chi connectivity index (χ1v) is 8.05. The summed E-state index contributed by atoms with van der Waals surface area (Å²) < 4.78 is 7.70. The van der Waals surface area contributed by atoms with Crippen molar-refractivity contribution in [2.45, 2.75) is 38.1 Å². The molecule has 23 heavy (non-hydrogen) atoms. The minimum absolute atomic E-state index is 0.177. The van der Waals surface area contributed by atoms with Crippen LogP contribution in [-0.4, -0.2) is 41.9 Å². The molecule has 0 aliphatic carbocycles. The van der Waals surface area contributed by atoms with Gasteiger partial charge in [-0.05, 0) is 31.9 Å². The maximum atomic E-state index is 12.5. The smallest absolute Gasteiger partial charge is 0.258 e. The minimum Gasteiger partial charge on any atom is -0.496 e. The highest BCUT2D eigenvalue weighted by Gasteiger charge is 2.54. The minimum atomic E-state index is -0.350. The summed E-state index contributed by atoms with van der Waals surface area (Å²) in [6, 6.07) is 5.59. The van der Waals surface area contributed by atoms with Crippen LogP contribution in [-0.2, 0) is 9.59 Å². The van der Waals surface area contributed by atoms with Gasteiger partial charge in [0.2, 0.25) is 5.91 Å². The summed E-state index contributed by atoms with van der Waals surface area (Å²) in [5.41, 5.74) is 3.43. The first-order chi connectivity index (χ1) is 11.1. The summed E-state index contributed by atoms with van der Waals surface area (Å²) in [7, 11) is 1.67. The van der Waals surface area contributed by atoms with Gasteiger partial charge in [-0.15, -0.1) is 5.01 Å². The SMILES string of the molecule is COc1cccc2c1C(C)C1=[N+](C1)N2C1CCCC(=O)NC1=O. The van der Waals surface area contributed by atoms with Gasteiger partial charge in [0.25, 0.3) is 18.2 Å². The molecule has 2 unspecified atom stereocenters. The van der Waals surface area contributed by atoms with Gasteiger partial charge >= 0.3 is 0 Å². The molecule has 0 spiro atoms. The second-order valence-corrected chi connectivity index (χ2v) is 6.33. The Labute approximate surface area is 134 Å². The zero-order chi connectivity index (χ0) is 16.1. The normalized spacial score (nSPS) is 26.3. The third-order valence-corrected chi connectivity index (χ3v) is 4.98. The molecule has 4 rings (SSSR count). The number of nitrogens with one attached hydrogen (secondary N) is 1. The highest BCUT2D eigenvalue weighted by atomic mass is 16.5. The van der Waals surface area contributed by atoms with Crippen LogP contribution in [0.25, 0.3) is 0 Å². The molecule has 3 aliphatic heterocycles. The van der Waals surface area contributed by atoms with Gasteiger partial charge < -0.3 is 4.74 Å². The van der Waals surface area contributed by atoms with Gasteiger partial charge in [-0.1, -0.05) is 10.8 Å². The number of carbonyl (C=O) groups is 2. The molecular formula is C17H20N3O3+. The molecule has 1 N–H and O–H groups in total. The monoisotopic (exact) mass is 314 g/mol. The highest BCUT2D eigenvalue weighted by Crippen LogP contribution is 2.44. The van der Waals surface area contributed by atoms with E-state index in [1.165, 1.54) is 5.71 Å². The average Bonchev–Trinajstić information content (AvgIpc) is 3.33. The molecule has 120 valence electrons. The van der Waals surface area contributed by atoms with Crippen molar-refractivity contribution >= 4 is 23.2 Å². The van der Waals surface area contributed by atoms with Crippen LogP contribution in [0.4, 0.5) is 5.69 Å². The van der Waals surface area contributed by atoms with Crippen LogP contribution in [0.1, 0.15) is 37.7 Å². The molecule has 0 radical (unpaired) electrons. The van der Waals surface area contributed by atoms with E-state index in [-0.39, 0.29) is 23.8 Å². The standard InChI is InChI=1S/C17H19N3O3/c1-10-13-9-19(13)20(11-5-3-7-14(23-2)16(10)11)12-6-4-8-15(21)18-17(12)22/h3,5,7,10,12H,4,6,8-9H2,1-2H3/p+1. The predicted octanol–water partition coefficient (Wildman–Crippen LogP) is 1.20. The molecule has 1 fully saturated rings. The Morgan fingerprint density at radius 2 is 2.17 bits per heavy atom. The number of amides is 2. The fourth-order valence-electron chi connectivity index (χ4n) is 3.77. The second kappa shape index (κ2) is 5.08. The molecule has 2 amide bonds. The summed E-state index contributed by atoms with van der Waals surface area (Å²) in [4.78, 5) is 24.1. The Balaban J connectivity index is 1.79. The number of imide groups is 1. The highest BCUT2D eigenvalue weighted by molar-refractivity contribution is 6.02. The van der Waals surface area contributed by atoms with Crippen LogP contribution >= 0.6 is 0 Å². The third-order valence-electron chi connectivity index (χ3n) is 4.98. The number of fused-ring (bicyclic) bond motifs is 1. The van der Waals surface area contributed by atoms with E-state index in [9.17, 15) is 9.59 Å². The van der Waals surface area contributed by atoms with E-state index in [2.05, 4.69) is 21.9 Å². The number of hydrazone groups is 1. The van der Waals surface area contributed by atoms with Crippen molar-refractivity contribution in [2.75, 3.05) is 18.7 Å². The number of anilines is 1. The van der Waals surface area contributed by atoms with Crippen molar-refractivity contribution in [3.8, 4) is 5.75 Å². The van der Waals surface area contributed by atoms with E-state index < -0.39 is 0 Å². The second-order valence-electron chi connectivity index (χ2n) is 6.33. The lowest BCUT2D eigenvalue weighted by atomic mass is 9.94. The van der Waals surface area contributed by atoms with Crippen molar-refractivity contribution < 1.29 is 19.0 Å². The van der Waals surface area contributed by atoms with E-state index in [1.807, 2.05) is 18.2 Å². The molecular weight excluding hydrogens is 294 g/mol. The third kappa shape index (κ3) is 2.12. The largest absolute Gasteiger partial charge is 0.496 e. The molecule has 0 saturated carbocycles. The summed E-state index contributed by atoms with van der Waals surface area (Å²) in [5, 5.41) is 4.57. The Kier molecular flexibility index (Phi) is 3.14. The van der Waals surface area contributed by atoms with E-state index in [4.69, 9.17) is 4.74 Å². The number of carbonyl (C=O) groups excluding carboxylic acids is 2. The number of ether oxygens (including phenoxy) is 1. The zero-order valence-corrected chi connectivity index (χ0v) is 13.3. The Morgan fingerprint density at radius 1 is 1.35 bits per heavy atom. The summed E-state index contributed by atoms with van der Waals surface area (Å²) in [6.45, 7) is 3.03. The van der Waals surface area contributed by atoms with Crippen LogP contribution in [0.2, 0.25) is 0 Å². The van der Waals surface area contributed by atoms with E-state index in [1.54, 1.807) is 7.11 Å². The molecule has 1 saturated heterocycles. The molecule has 2 atom stereocenters. The quantitative estimate of drug-likeness (QED) is 0.658. The lowest BCUT2D eigenvalue weighted by Crippen LogP contribution is -2.49. The molecule has 3 aliphatic rings. The zero-order valence-electron chi connectivity index (χ0n) is 13.3. The molecule has 3 heterocycles. The number of methoxy groups -OCH3 is 1. The number of rotatable bonds is 2. The number of hydrogen-bond acceptors (Lipinski definition) is 4. The first-order valence-electron chi connectivity index (χ1n) is 8.05. The van der Waals surface area contributed by atoms with E-state index >= 15 is 0 Å². The Hall–Kier alpha value is -2.37. The summed E-state index contributed by atoms with van der Waals surface area (Å²) in [6.07, 6.45) is 1.80. The number of hydrogen-bond donors (Lipinski definition) is 1. The van der Waals surface area contributed by atoms with Crippen LogP contribution in [0, 0.1) is 0 Å². The van der Waals surface area contributed by atoms with Crippen molar-refractivity contribution in [1.29, 1.82) is 0 Å². The van der Waals surface area contributed by atoms with Crippen LogP contribution in [0.5, 0.6) is 5.75 Å². The molecule has 0 bridgehead atoms. The van der Waals surface area contributed by atoms with Crippen LogP contribution in [0.15, 0.2) is 18.2 Å². The van der Waals surface area contributed by atoms with Gasteiger partial charge in [-0.2, -0.15) is 0 Å². The predicted molar refractivity (Wildman–Crippen MR) is 84.8 cm³/mol. The molecule has 1 aromatic carbocycles. The summed E-state index contributed by atoms with van der Waals surface area (Å²) in [5.74, 6) is 0.753. The van der Waals surface area contributed by atoms with E-state index in [0.29, 0.717) is 12.8 Å². The molecule has 6 nitrogen and oxygen atoms in total. The van der Waals surface area contributed by atoms with Crippen molar-refractivity contribution in [1.82, 2.24) is 5.32 Å².